The van der Waals surface area contributed by atoms with E-state index in [1.165, 1.54) is 32.1 Å². The maximum Gasteiger partial charge on any atom is 0.170 e. The van der Waals surface area contributed by atoms with Crippen LogP contribution in [-0.4, -0.2) is 54.4 Å². The van der Waals surface area contributed by atoms with Crippen LogP contribution in [0, 0.1) is 62.6 Å². The van der Waals surface area contributed by atoms with Crippen LogP contribution in [0.3, 0.4) is 0 Å². The van der Waals surface area contributed by atoms with Crippen LogP contribution in [0.4, 0.5) is 0 Å². The molecule has 6 nitrogen and oxygen atoms in total. The van der Waals surface area contributed by atoms with Crippen LogP contribution in [0.1, 0.15) is 127 Å². The Morgan fingerprint density at radius 1 is 1.07 bits per heavy atom. The van der Waals surface area contributed by atoms with Crippen LogP contribution < -0.4 is 5.32 Å². The van der Waals surface area contributed by atoms with E-state index in [9.17, 15) is 14.7 Å². The van der Waals surface area contributed by atoms with Gasteiger partial charge in [-0.1, -0.05) is 41.5 Å². The van der Waals surface area contributed by atoms with E-state index in [2.05, 4.69) is 46.9 Å². The van der Waals surface area contributed by atoms with Gasteiger partial charge in [0.05, 0.1) is 18.3 Å². The highest BCUT2D eigenvalue weighted by atomic mass is 16.7. The van der Waals surface area contributed by atoms with Gasteiger partial charge in [0.2, 0.25) is 0 Å². The normalized spacial score (nSPS) is 47.5. The highest BCUT2D eigenvalue weighted by Gasteiger charge is 2.84. The molecule has 250 valence electrons. The number of ether oxygens (including phenoxy) is 2. The molecule has 0 aromatic carbocycles. The third-order valence-corrected chi connectivity index (χ3v) is 15.8. The third-order valence-electron chi connectivity index (χ3n) is 15.8. The Bertz CT molecular complexity index is 1140. The maximum absolute atomic E-state index is 14.4. The summed E-state index contributed by atoms with van der Waals surface area (Å²) in [6.45, 7) is 22.2. The lowest BCUT2D eigenvalue weighted by molar-refractivity contribution is -0.236. The molecule has 2 spiro atoms. The van der Waals surface area contributed by atoms with Gasteiger partial charge in [0.25, 0.3) is 0 Å². The minimum Gasteiger partial charge on any atom is -0.390 e. The first-order chi connectivity index (χ1) is 20.5. The van der Waals surface area contributed by atoms with Crippen molar-refractivity contribution in [3.63, 3.8) is 0 Å². The van der Waals surface area contributed by atoms with Crippen molar-refractivity contribution in [2.45, 2.75) is 145 Å². The summed E-state index contributed by atoms with van der Waals surface area (Å²) in [5.41, 5.74) is -0.0273. The first-order valence-electron chi connectivity index (χ1n) is 18.2. The van der Waals surface area contributed by atoms with Gasteiger partial charge in [-0.25, -0.2) is 0 Å². The zero-order valence-corrected chi connectivity index (χ0v) is 29.4. The molecular formula is C38H63NO5. The number of hydrogen-bond donors (Lipinski definition) is 2. The molecule has 0 amide bonds. The number of hydrogen-bond acceptors (Lipinski definition) is 6. The van der Waals surface area contributed by atoms with Gasteiger partial charge >= 0.3 is 0 Å². The van der Waals surface area contributed by atoms with Gasteiger partial charge in [-0.3, -0.25) is 4.79 Å². The molecule has 5 saturated carbocycles. The monoisotopic (exact) mass is 613 g/mol. The van der Waals surface area contributed by atoms with E-state index in [0.29, 0.717) is 34.9 Å². The van der Waals surface area contributed by atoms with Gasteiger partial charge in [0.15, 0.2) is 6.29 Å². The average Bonchev–Trinajstić information content (AvgIpc) is 3.58. The summed E-state index contributed by atoms with van der Waals surface area (Å²) in [6.07, 6.45) is 10.8. The first kappa shape index (κ1) is 33.1. The van der Waals surface area contributed by atoms with Crippen LogP contribution >= 0.6 is 0 Å². The van der Waals surface area contributed by atoms with E-state index >= 15 is 0 Å². The van der Waals surface area contributed by atoms with Crippen LogP contribution in [0.5, 0.6) is 0 Å². The first-order valence-corrected chi connectivity index (χ1v) is 18.2. The zero-order valence-electron chi connectivity index (χ0n) is 29.4. The van der Waals surface area contributed by atoms with Crippen molar-refractivity contribution >= 4 is 11.6 Å². The quantitative estimate of drug-likeness (QED) is 0.292. The Labute approximate surface area is 267 Å². The molecule has 1 aliphatic heterocycles. The van der Waals surface area contributed by atoms with Crippen molar-refractivity contribution in [2.75, 3.05) is 19.7 Å². The largest absolute Gasteiger partial charge is 0.390 e. The molecular weight excluding hydrogens is 550 g/mol. The van der Waals surface area contributed by atoms with Gasteiger partial charge < -0.3 is 24.7 Å². The molecule has 5 aliphatic carbocycles. The van der Waals surface area contributed by atoms with Gasteiger partial charge in [-0.15, -0.1) is 0 Å². The lowest BCUT2D eigenvalue weighted by Crippen LogP contribution is -2.59. The van der Waals surface area contributed by atoms with Crippen molar-refractivity contribution in [3.05, 3.63) is 0 Å². The summed E-state index contributed by atoms with van der Waals surface area (Å²) in [7, 11) is 0. The second-order valence-electron chi connectivity index (χ2n) is 18.3. The number of morpholine rings is 1. The molecule has 12 atom stereocenters. The molecule has 1 heterocycles. The fourth-order valence-corrected chi connectivity index (χ4v) is 13.3. The lowest BCUT2D eigenvalue weighted by atomic mass is 9.40. The van der Waals surface area contributed by atoms with E-state index in [-0.39, 0.29) is 58.1 Å². The number of aliphatic hydroxyl groups is 1. The second-order valence-corrected chi connectivity index (χ2v) is 18.3. The predicted molar refractivity (Wildman–Crippen MR) is 173 cm³/mol. The summed E-state index contributed by atoms with van der Waals surface area (Å²) in [6, 6.07) is 0. The molecule has 0 radical (unpaired) electrons. The minimum absolute atomic E-state index is 0.00383. The number of carbonyl (C=O) groups excluding carboxylic acids is 2. The summed E-state index contributed by atoms with van der Waals surface area (Å²) in [5.74, 6) is 2.17. The smallest absolute Gasteiger partial charge is 0.170 e. The number of fused-ring (bicyclic) bond motifs is 2. The standard InChI is InChI=1S/C38H63NO5/c1-23(10-11-26(20-24(2)40)34(6,7)42)31-32(41)25(3)36(9)28-13-12-27-33(4,5)29(44-30-21-39-18-19-43-30)14-15-37(27)22-38(28,37)17-16-35(31,36)8/h23,25-31,39,42H,10-22H2,1-9H3. The summed E-state index contributed by atoms with van der Waals surface area (Å²) in [4.78, 5) is 26.4. The van der Waals surface area contributed by atoms with Crippen LogP contribution in [0.15, 0.2) is 0 Å². The van der Waals surface area contributed by atoms with Crippen molar-refractivity contribution in [1.82, 2.24) is 5.32 Å². The van der Waals surface area contributed by atoms with Crippen LogP contribution in [-0.2, 0) is 19.1 Å². The SMILES string of the molecule is CC(=O)CC(CCC(C)C1C(=O)C(C)C2(C)C3CCC4C(C)(C)C(OC5CNCCO5)CCC45CC35CCC12C)C(C)(C)O. The predicted octanol–water partition coefficient (Wildman–Crippen LogP) is 6.96. The second kappa shape index (κ2) is 10.9. The molecule has 0 aromatic rings. The Balaban J connectivity index is 1.22. The van der Waals surface area contributed by atoms with Gasteiger partial charge in [-0.2, -0.15) is 0 Å². The molecule has 1 saturated heterocycles. The Morgan fingerprint density at radius 3 is 2.39 bits per heavy atom. The van der Waals surface area contributed by atoms with Crippen molar-refractivity contribution in [3.8, 4) is 0 Å². The van der Waals surface area contributed by atoms with Gasteiger partial charge in [0, 0.05) is 31.3 Å². The molecule has 12 unspecified atom stereocenters. The zero-order chi connectivity index (χ0) is 32.1. The topological polar surface area (TPSA) is 84.9 Å². The highest BCUT2D eigenvalue weighted by Crippen LogP contribution is 2.89. The molecule has 6 heteroatoms. The fraction of sp³-hybridized carbons (Fsp3) is 0.947. The molecule has 2 N–H and O–H groups in total. The molecule has 6 rings (SSSR count). The average molecular weight is 614 g/mol. The fourth-order valence-electron chi connectivity index (χ4n) is 13.3. The summed E-state index contributed by atoms with van der Waals surface area (Å²) < 4.78 is 12.7. The van der Waals surface area contributed by atoms with E-state index in [4.69, 9.17) is 9.47 Å². The highest BCUT2D eigenvalue weighted by molar-refractivity contribution is 5.88. The molecule has 44 heavy (non-hydrogen) atoms. The molecule has 0 aromatic heterocycles. The third kappa shape index (κ3) is 4.60. The van der Waals surface area contributed by atoms with E-state index in [1.54, 1.807) is 6.92 Å². The van der Waals surface area contributed by atoms with E-state index < -0.39 is 5.60 Å². The van der Waals surface area contributed by atoms with E-state index in [1.807, 2.05) is 13.8 Å². The number of rotatable bonds is 9. The van der Waals surface area contributed by atoms with E-state index in [0.717, 1.165) is 45.4 Å². The Kier molecular flexibility index (Phi) is 8.16. The van der Waals surface area contributed by atoms with Gasteiger partial charge in [-0.05, 0) is 129 Å². The molecule has 6 fully saturated rings. The van der Waals surface area contributed by atoms with Crippen molar-refractivity contribution in [1.29, 1.82) is 0 Å². The molecule has 0 bridgehead atoms. The summed E-state index contributed by atoms with van der Waals surface area (Å²) >= 11 is 0. The van der Waals surface area contributed by atoms with Crippen LogP contribution in [0.25, 0.3) is 0 Å². The Morgan fingerprint density at radius 2 is 1.75 bits per heavy atom. The van der Waals surface area contributed by atoms with Gasteiger partial charge in [0.1, 0.15) is 11.6 Å². The van der Waals surface area contributed by atoms with Crippen molar-refractivity contribution in [2.24, 2.45) is 62.6 Å². The number of nitrogens with one attached hydrogen (secondary N) is 1. The Hall–Kier alpha value is -0.820. The summed E-state index contributed by atoms with van der Waals surface area (Å²) in [5, 5.41) is 14.3. The maximum atomic E-state index is 14.4. The number of ketones is 2. The lowest BCUT2D eigenvalue weighted by Gasteiger charge is -2.64. The van der Waals surface area contributed by atoms with Crippen LogP contribution in [0.2, 0.25) is 0 Å². The minimum atomic E-state index is -0.898. The number of Topliss-reactive ketones (excluding diaryl/α,β-unsaturated/α-hetero) is 2. The number of carbonyl (C=O) groups is 2. The van der Waals surface area contributed by atoms with Crippen molar-refractivity contribution < 1.29 is 24.2 Å². The molecule has 6 aliphatic rings.